The van der Waals surface area contributed by atoms with Crippen LogP contribution in [-0.4, -0.2) is 6.61 Å². The Kier molecular flexibility index (Phi) is 3.19. The van der Waals surface area contributed by atoms with Crippen molar-refractivity contribution in [3.8, 4) is 5.75 Å². The standard InChI is InChI=1S/C15H15FN2O/c16-13-4-2-1-3-12(13)15(18-17)11-5-6-14-10(9-11)7-8-19-14/h1-6,9,15,18H,7-8,17H2. The van der Waals surface area contributed by atoms with Gasteiger partial charge in [-0.1, -0.05) is 30.3 Å². The third-order valence-electron chi connectivity index (χ3n) is 3.43. The van der Waals surface area contributed by atoms with Gasteiger partial charge >= 0.3 is 0 Å². The van der Waals surface area contributed by atoms with Crippen LogP contribution in [0.25, 0.3) is 0 Å². The number of hydrazine groups is 1. The summed E-state index contributed by atoms with van der Waals surface area (Å²) in [5, 5.41) is 0. The van der Waals surface area contributed by atoms with Gasteiger partial charge in [-0.05, 0) is 23.3 Å². The van der Waals surface area contributed by atoms with Crippen LogP contribution in [-0.2, 0) is 6.42 Å². The molecule has 1 aliphatic heterocycles. The summed E-state index contributed by atoms with van der Waals surface area (Å²) in [4.78, 5) is 0. The topological polar surface area (TPSA) is 47.3 Å². The van der Waals surface area contributed by atoms with Crippen molar-refractivity contribution in [3.05, 3.63) is 65.0 Å². The number of hydrogen-bond donors (Lipinski definition) is 2. The van der Waals surface area contributed by atoms with E-state index in [1.54, 1.807) is 18.2 Å². The lowest BCUT2D eigenvalue weighted by Crippen LogP contribution is -2.29. The van der Waals surface area contributed by atoms with E-state index in [1.165, 1.54) is 6.07 Å². The first-order valence-corrected chi connectivity index (χ1v) is 6.26. The summed E-state index contributed by atoms with van der Waals surface area (Å²) >= 11 is 0. The summed E-state index contributed by atoms with van der Waals surface area (Å²) in [6.07, 6.45) is 0.887. The highest BCUT2D eigenvalue weighted by Crippen LogP contribution is 2.30. The van der Waals surface area contributed by atoms with Gasteiger partial charge < -0.3 is 4.74 Å². The van der Waals surface area contributed by atoms with Gasteiger partial charge in [-0.2, -0.15) is 0 Å². The van der Waals surface area contributed by atoms with Crippen molar-refractivity contribution in [1.29, 1.82) is 0 Å². The molecule has 3 N–H and O–H groups in total. The summed E-state index contributed by atoms with van der Waals surface area (Å²) < 4.78 is 19.3. The van der Waals surface area contributed by atoms with E-state index in [1.807, 2.05) is 18.2 Å². The van der Waals surface area contributed by atoms with Gasteiger partial charge in [0.15, 0.2) is 0 Å². The highest BCUT2D eigenvalue weighted by molar-refractivity contribution is 5.43. The number of benzene rings is 2. The fraction of sp³-hybridized carbons (Fsp3) is 0.200. The van der Waals surface area contributed by atoms with Gasteiger partial charge in [0.2, 0.25) is 0 Å². The SMILES string of the molecule is NNC(c1ccc2c(c1)CCO2)c1ccccc1F. The van der Waals surface area contributed by atoms with Gasteiger partial charge in [-0.3, -0.25) is 5.84 Å². The van der Waals surface area contributed by atoms with E-state index >= 15 is 0 Å². The van der Waals surface area contributed by atoms with Crippen LogP contribution in [0.3, 0.4) is 0 Å². The van der Waals surface area contributed by atoms with E-state index in [2.05, 4.69) is 5.43 Å². The van der Waals surface area contributed by atoms with E-state index in [9.17, 15) is 4.39 Å². The van der Waals surface area contributed by atoms with Crippen LogP contribution >= 0.6 is 0 Å². The monoisotopic (exact) mass is 258 g/mol. The lowest BCUT2D eigenvalue weighted by atomic mass is 9.96. The Bertz CT molecular complexity index is 600. The molecule has 0 aliphatic carbocycles. The predicted molar refractivity (Wildman–Crippen MR) is 71.2 cm³/mol. The highest BCUT2D eigenvalue weighted by atomic mass is 19.1. The first-order valence-electron chi connectivity index (χ1n) is 6.26. The second-order valence-electron chi connectivity index (χ2n) is 4.59. The minimum atomic E-state index is -0.355. The normalized spacial score (nSPS) is 14.8. The molecule has 1 heterocycles. The molecule has 1 aliphatic rings. The highest BCUT2D eigenvalue weighted by Gasteiger charge is 2.19. The molecule has 98 valence electrons. The Morgan fingerprint density at radius 3 is 2.84 bits per heavy atom. The summed E-state index contributed by atoms with van der Waals surface area (Å²) in [7, 11) is 0. The first-order chi connectivity index (χ1) is 9.29. The number of fused-ring (bicyclic) bond motifs is 1. The lowest BCUT2D eigenvalue weighted by Gasteiger charge is -2.18. The predicted octanol–water partition coefficient (Wildman–Crippen LogP) is 2.31. The molecule has 1 atom stereocenters. The van der Waals surface area contributed by atoms with Crippen molar-refractivity contribution >= 4 is 0 Å². The first kappa shape index (κ1) is 12.1. The third kappa shape index (κ3) is 2.20. The third-order valence-corrected chi connectivity index (χ3v) is 3.43. The van der Waals surface area contributed by atoms with E-state index < -0.39 is 0 Å². The fourth-order valence-electron chi connectivity index (χ4n) is 2.46. The number of hydrogen-bond acceptors (Lipinski definition) is 3. The zero-order chi connectivity index (χ0) is 13.2. The molecule has 19 heavy (non-hydrogen) atoms. The average Bonchev–Trinajstić information content (AvgIpc) is 2.89. The molecule has 4 heteroatoms. The second-order valence-corrected chi connectivity index (χ2v) is 4.59. The van der Waals surface area contributed by atoms with Gasteiger partial charge in [0, 0.05) is 12.0 Å². The van der Waals surface area contributed by atoms with Crippen LogP contribution in [0.15, 0.2) is 42.5 Å². The maximum atomic E-state index is 13.9. The van der Waals surface area contributed by atoms with E-state index in [4.69, 9.17) is 10.6 Å². The number of ether oxygens (including phenoxy) is 1. The van der Waals surface area contributed by atoms with Crippen molar-refractivity contribution < 1.29 is 9.13 Å². The van der Waals surface area contributed by atoms with Crippen molar-refractivity contribution in [2.75, 3.05) is 6.61 Å². The smallest absolute Gasteiger partial charge is 0.128 e. The van der Waals surface area contributed by atoms with Crippen molar-refractivity contribution in [3.63, 3.8) is 0 Å². The molecule has 0 saturated carbocycles. The van der Waals surface area contributed by atoms with Gasteiger partial charge in [0.05, 0.1) is 12.6 Å². The zero-order valence-corrected chi connectivity index (χ0v) is 10.4. The van der Waals surface area contributed by atoms with Gasteiger partial charge in [0.25, 0.3) is 0 Å². The van der Waals surface area contributed by atoms with Crippen LogP contribution in [0, 0.1) is 5.82 Å². The minimum absolute atomic E-state index is 0.262. The van der Waals surface area contributed by atoms with E-state index in [0.717, 1.165) is 23.3 Å². The van der Waals surface area contributed by atoms with Gasteiger partial charge in [-0.15, -0.1) is 0 Å². The molecule has 0 saturated heterocycles. The Morgan fingerprint density at radius 1 is 1.21 bits per heavy atom. The molecule has 1 unspecified atom stereocenters. The Hall–Kier alpha value is -1.91. The van der Waals surface area contributed by atoms with Crippen molar-refractivity contribution in [1.82, 2.24) is 5.43 Å². The van der Waals surface area contributed by atoms with Crippen LogP contribution in [0.1, 0.15) is 22.7 Å². The molecule has 2 aromatic rings. The summed E-state index contributed by atoms with van der Waals surface area (Å²) in [6.45, 7) is 0.708. The van der Waals surface area contributed by atoms with Crippen LogP contribution < -0.4 is 16.0 Å². The maximum absolute atomic E-state index is 13.9. The van der Waals surface area contributed by atoms with E-state index in [-0.39, 0.29) is 11.9 Å². The molecule has 0 radical (unpaired) electrons. The Balaban J connectivity index is 2.01. The molecule has 3 rings (SSSR count). The van der Waals surface area contributed by atoms with Crippen LogP contribution in [0.5, 0.6) is 5.75 Å². The van der Waals surface area contributed by atoms with E-state index in [0.29, 0.717) is 12.2 Å². The molecular formula is C15H15FN2O. The zero-order valence-electron chi connectivity index (χ0n) is 10.4. The van der Waals surface area contributed by atoms with Crippen molar-refractivity contribution in [2.24, 2.45) is 5.84 Å². The molecular weight excluding hydrogens is 243 g/mol. The van der Waals surface area contributed by atoms with Crippen LogP contribution in [0.2, 0.25) is 0 Å². The largest absolute Gasteiger partial charge is 0.493 e. The average molecular weight is 258 g/mol. The fourth-order valence-corrected chi connectivity index (χ4v) is 2.46. The number of nitrogens with one attached hydrogen (secondary N) is 1. The van der Waals surface area contributed by atoms with Crippen molar-refractivity contribution in [2.45, 2.75) is 12.5 Å². The second kappa shape index (κ2) is 4.99. The summed E-state index contributed by atoms with van der Waals surface area (Å²) in [5.74, 6) is 6.25. The number of nitrogens with two attached hydrogens (primary N) is 1. The van der Waals surface area contributed by atoms with Gasteiger partial charge in [0.1, 0.15) is 11.6 Å². The molecule has 0 spiro atoms. The summed E-state index contributed by atoms with van der Waals surface area (Å²) in [6, 6.07) is 12.2. The van der Waals surface area contributed by atoms with Gasteiger partial charge in [-0.25, -0.2) is 9.82 Å². The van der Waals surface area contributed by atoms with Crippen LogP contribution in [0.4, 0.5) is 4.39 Å². The Morgan fingerprint density at radius 2 is 2.05 bits per heavy atom. The molecule has 3 nitrogen and oxygen atoms in total. The number of rotatable bonds is 3. The molecule has 0 fully saturated rings. The molecule has 0 aromatic heterocycles. The molecule has 0 bridgehead atoms. The lowest BCUT2D eigenvalue weighted by molar-refractivity contribution is 0.357. The minimum Gasteiger partial charge on any atom is -0.493 e. The molecule has 2 aromatic carbocycles. The maximum Gasteiger partial charge on any atom is 0.128 e. The quantitative estimate of drug-likeness (QED) is 0.656. The summed E-state index contributed by atoms with van der Waals surface area (Å²) in [5.41, 5.74) is 5.32. The number of halogens is 1. The molecule has 0 amide bonds. The Labute approximate surface area is 111 Å².